The van der Waals surface area contributed by atoms with Crippen molar-refractivity contribution in [1.29, 1.82) is 0 Å². The fraction of sp³-hybridized carbons (Fsp3) is 0.316. The van der Waals surface area contributed by atoms with E-state index in [-0.39, 0.29) is 5.91 Å². The number of ether oxygens (including phenoxy) is 2. The van der Waals surface area contributed by atoms with Gasteiger partial charge in [-0.2, -0.15) is 0 Å². The van der Waals surface area contributed by atoms with Crippen LogP contribution in [-0.4, -0.2) is 26.2 Å². The smallest absolute Gasteiger partial charge is 0.245 e. The van der Waals surface area contributed by atoms with Gasteiger partial charge in [0.1, 0.15) is 23.5 Å². The average Bonchev–Trinajstić information content (AvgIpc) is 3.20. The minimum atomic E-state index is -0.706. The van der Waals surface area contributed by atoms with Gasteiger partial charge in [-0.3, -0.25) is 4.79 Å². The standard InChI is InChI=1S/C19H17NO3/c1-11-4-3-5-14-17(11)19(18(21)20(14)2)10-23-16-9-15-12(6-7-22-15)8-13(16)19/h3-5,8-9H,6-7,10H2,1-2H3. The number of anilines is 1. The van der Waals surface area contributed by atoms with Gasteiger partial charge in [-0.15, -0.1) is 0 Å². The maximum absolute atomic E-state index is 13.2. The van der Waals surface area contributed by atoms with Gasteiger partial charge in [0, 0.05) is 36.3 Å². The lowest BCUT2D eigenvalue weighted by Crippen LogP contribution is -2.41. The number of hydrogen-bond donors (Lipinski definition) is 0. The molecule has 3 heterocycles. The molecule has 0 saturated heterocycles. The van der Waals surface area contributed by atoms with Crippen LogP contribution in [0, 0.1) is 6.92 Å². The van der Waals surface area contributed by atoms with Gasteiger partial charge in [0.05, 0.1) is 6.61 Å². The molecule has 0 saturated carbocycles. The third-order valence-corrected chi connectivity index (χ3v) is 5.40. The fourth-order valence-electron chi connectivity index (χ4n) is 4.30. The number of hydrogen-bond acceptors (Lipinski definition) is 3. The highest BCUT2D eigenvalue weighted by Crippen LogP contribution is 2.54. The number of rotatable bonds is 0. The predicted molar refractivity (Wildman–Crippen MR) is 86.5 cm³/mol. The van der Waals surface area contributed by atoms with Crippen molar-refractivity contribution in [2.45, 2.75) is 18.8 Å². The van der Waals surface area contributed by atoms with E-state index in [9.17, 15) is 4.79 Å². The van der Waals surface area contributed by atoms with Crippen LogP contribution in [0.1, 0.15) is 22.3 Å². The third kappa shape index (κ3) is 1.39. The fourth-order valence-corrected chi connectivity index (χ4v) is 4.30. The zero-order valence-corrected chi connectivity index (χ0v) is 13.2. The van der Waals surface area contributed by atoms with Crippen LogP contribution in [0.15, 0.2) is 30.3 Å². The summed E-state index contributed by atoms with van der Waals surface area (Å²) in [6.07, 6.45) is 0.892. The van der Waals surface area contributed by atoms with Crippen LogP contribution in [0.2, 0.25) is 0 Å². The molecule has 0 fully saturated rings. The molecule has 0 radical (unpaired) electrons. The summed E-state index contributed by atoms with van der Waals surface area (Å²) in [6.45, 7) is 3.14. The first-order valence-corrected chi connectivity index (χ1v) is 7.94. The molecule has 1 unspecified atom stereocenters. The van der Waals surface area contributed by atoms with E-state index in [0.717, 1.165) is 40.3 Å². The molecule has 1 atom stereocenters. The molecule has 0 N–H and O–H groups in total. The predicted octanol–water partition coefficient (Wildman–Crippen LogP) is 2.58. The Hall–Kier alpha value is -2.49. The Morgan fingerprint density at radius 2 is 2.04 bits per heavy atom. The van der Waals surface area contributed by atoms with Gasteiger partial charge in [-0.25, -0.2) is 0 Å². The van der Waals surface area contributed by atoms with Gasteiger partial charge >= 0.3 is 0 Å². The van der Waals surface area contributed by atoms with Crippen molar-refractivity contribution < 1.29 is 14.3 Å². The van der Waals surface area contributed by atoms with Gasteiger partial charge in [-0.05, 0) is 30.2 Å². The summed E-state index contributed by atoms with van der Waals surface area (Å²) in [5.41, 5.74) is 4.67. The van der Waals surface area contributed by atoms with Gasteiger partial charge in [0.15, 0.2) is 0 Å². The first-order valence-electron chi connectivity index (χ1n) is 7.94. The topological polar surface area (TPSA) is 38.8 Å². The summed E-state index contributed by atoms with van der Waals surface area (Å²) >= 11 is 0. The van der Waals surface area contributed by atoms with E-state index in [2.05, 4.69) is 19.1 Å². The van der Waals surface area contributed by atoms with Gasteiger partial charge in [-0.1, -0.05) is 12.1 Å². The van der Waals surface area contributed by atoms with Crippen LogP contribution in [-0.2, 0) is 16.6 Å². The van der Waals surface area contributed by atoms with Crippen molar-refractivity contribution in [2.24, 2.45) is 0 Å². The lowest BCUT2D eigenvalue weighted by Gasteiger charge is -2.23. The second-order valence-electron chi connectivity index (χ2n) is 6.58. The van der Waals surface area contributed by atoms with Crippen LogP contribution in [0.4, 0.5) is 5.69 Å². The number of carbonyl (C=O) groups excluding carboxylic acids is 1. The molecule has 1 amide bonds. The van der Waals surface area contributed by atoms with E-state index in [0.29, 0.717) is 13.2 Å². The van der Waals surface area contributed by atoms with Crippen molar-refractivity contribution in [3.8, 4) is 11.5 Å². The molecule has 4 nitrogen and oxygen atoms in total. The summed E-state index contributed by atoms with van der Waals surface area (Å²) in [6, 6.07) is 10.2. The number of benzene rings is 2. The molecule has 2 aromatic carbocycles. The van der Waals surface area contributed by atoms with Crippen molar-refractivity contribution in [1.82, 2.24) is 0 Å². The van der Waals surface area contributed by atoms with Crippen molar-refractivity contribution in [3.63, 3.8) is 0 Å². The molecule has 116 valence electrons. The molecule has 0 aliphatic carbocycles. The van der Waals surface area contributed by atoms with Crippen LogP contribution in [0.3, 0.4) is 0 Å². The van der Waals surface area contributed by atoms with E-state index >= 15 is 0 Å². The lowest BCUT2D eigenvalue weighted by molar-refractivity contribution is -0.121. The number of nitrogens with zero attached hydrogens (tertiary/aromatic N) is 1. The van der Waals surface area contributed by atoms with Crippen LogP contribution in [0.25, 0.3) is 0 Å². The highest BCUT2D eigenvalue weighted by Gasteiger charge is 2.57. The Bertz CT molecular complexity index is 873. The molecule has 2 aromatic rings. The quantitative estimate of drug-likeness (QED) is 0.751. The summed E-state index contributed by atoms with van der Waals surface area (Å²) in [7, 11) is 1.85. The normalized spacial score (nSPS) is 23.6. The molecule has 4 heteroatoms. The second-order valence-corrected chi connectivity index (χ2v) is 6.58. The SMILES string of the molecule is Cc1cccc2c1C1(COc3cc4c(cc31)CCO4)C(=O)N2C. The monoisotopic (exact) mass is 307 g/mol. The van der Waals surface area contributed by atoms with Gasteiger partial charge in [0.2, 0.25) is 5.91 Å². The summed E-state index contributed by atoms with van der Waals surface area (Å²) in [5.74, 6) is 1.77. The molecule has 0 bridgehead atoms. The van der Waals surface area contributed by atoms with E-state index in [4.69, 9.17) is 9.47 Å². The Balaban J connectivity index is 1.83. The first-order chi connectivity index (χ1) is 11.1. The van der Waals surface area contributed by atoms with E-state index in [1.807, 2.05) is 25.2 Å². The zero-order chi connectivity index (χ0) is 15.8. The molecule has 0 aromatic heterocycles. The minimum Gasteiger partial charge on any atom is -0.493 e. The Morgan fingerprint density at radius 1 is 1.17 bits per heavy atom. The molecular weight excluding hydrogens is 290 g/mol. The number of aryl methyl sites for hydroxylation is 1. The Labute approximate surface area is 134 Å². The van der Waals surface area contributed by atoms with Gasteiger partial charge < -0.3 is 14.4 Å². The third-order valence-electron chi connectivity index (χ3n) is 5.40. The lowest BCUT2D eigenvalue weighted by atomic mass is 9.75. The number of amides is 1. The summed E-state index contributed by atoms with van der Waals surface area (Å²) in [5, 5.41) is 0. The van der Waals surface area contributed by atoms with E-state index in [1.165, 1.54) is 5.56 Å². The summed E-state index contributed by atoms with van der Waals surface area (Å²) in [4.78, 5) is 15.0. The molecule has 3 aliphatic heterocycles. The molecule has 23 heavy (non-hydrogen) atoms. The Kier molecular flexibility index (Phi) is 2.30. The highest BCUT2D eigenvalue weighted by atomic mass is 16.5. The van der Waals surface area contributed by atoms with Crippen LogP contribution in [0.5, 0.6) is 11.5 Å². The van der Waals surface area contributed by atoms with Crippen molar-refractivity contribution in [3.05, 3.63) is 52.6 Å². The van der Waals surface area contributed by atoms with Crippen molar-refractivity contribution in [2.75, 3.05) is 25.2 Å². The van der Waals surface area contributed by atoms with Crippen molar-refractivity contribution >= 4 is 11.6 Å². The van der Waals surface area contributed by atoms with E-state index < -0.39 is 5.41 Å². The minimum absolute atomic E-state index is 0.0967. The van der Waals surface area contributed by atoms with Crippen LogP contribution < -0.4 is 14.4 Å². The summed E-state index contributed by atoms with van der Waals surface area (Å²) < 4.78 is 11.6. The second kappa shape index (κ2) is 4.07. The molecule has 3 aliphatic rings. The molecule has 5 rings (SSSR count). The molecule has 1 spiro atoms. The largest absolute Gasteiger partial charge is 0.493 e. The highest BCUT2D eigenvalue weighted by molar-refractivity contribution is 6.11. The van der Waals surface area contributed by atoms with E-state index in [1.54, 1.807) is 4.90 Å². The number of fused-ring (bicyclic) bond motifs is 5. The maximum Gasteiger partial charge on any atom is 0.245 e. The average molecular weight is 307 g/mol. The Morgan fingerprint density at radius 3 is 2.91 bits per heavy atom. The van der Waals surface area contributed by atoms with Gasteiger partial charge in [0.25, 0.3) is 0 Å². The van der Waals surface area contributed by atoms with Crippen LogP contribution >= 0.6 is 0 Å². The molecular formula is C19H17NO3. The maximum atomic E-state index is 13.2. The first kappa shape index (κ1) is 13.0. The number of carbonyl (C=O) groups is 1. The number of likely N-dealkylation sites (N-methyl/N-ethyl adjacent to an activating group) is 1. The zero-order valence-electron chi connectivity index (χ0n) is 13.2.